The summed E-state index contributed by atoms with van der Waals surface area (Å²) in [5.41, 5.74) is 2.98. The third kappa shape index (κ3) is 4.23. The molecule has 0 aliphatic carbocycles. The van der Waals surface area contributed by atoms with Crippen LogP contribution in [0, 0.1) is 13.8 Å². The molecule has 0 atom stereocenters. The van der Waals surface area contributed by atoms with E-state index in [1.165, 1.54) is 0 Å². The summed E-state index contributed by atoms with van der Waals surface area (Å²) >= 11 is 5.99. The van der Waals surface area contributed by atoms with Crippen molar-refractivity contribution in [2.45, 2.75) is 20.3 Å². The van der Waals surface area contributed by atoms with Gasteiger partial charge >= 0.3 is 0 Å². The molecule has 0 radical (unpaired) electrons. The van der Waals surface area contributed by atoms with Crippen molar-refractivity contribution in [3.8, 4) is 5.75 Å². The highest BCUT2D eigenvalue weighted by Crippen LogP contribution is 2.23. The van der Waals surface area contributed by atoms with Gasteiger partial charge in [0.15, 0.2) is 0 Å². The van der Waals surface area contributed by atoms with Crippen LogP contribution in [-0.4, -0.2) is 12.5 Å². The van der Waals surface area contributed by atoms with Crippen molar-refractivity contribution in [2.75, 3.05) is 11.9 Å². The average molecular weight is 304 g/mol. The van der Waals surface area contributed by atoms with E-state index in [0.717, 1.165) is 16.8 Å². The summed E-state index contributed by atoms with van der Waals surface area (Å²) < 4.78 is 5.51. The molecule has 3 nitrogen and oxygen atoms in total. The number of hydrogen-bond donors (Lipinski definition) is 1. The Labute approximate surface area is 129 Å². The summed E-state index contributed by atoms with van der Waals surface area (Å²) in [6.45, 7) is 4.24. The summed E-state index contributed by atoms with van der Waals surface area (Å²) in [5, 5.41) is 3.48. The van der Waals surface area contributed by atoms with E-state index in [4.69, 9.17) is 16.3 Å². The Kier molecular flexibility index (Phi) is 5.23. The number of hydrogen-bond acceptors (Lipinski definition) is 2. The molecule has 0 saturated carbocycles. The van der Waals surface area contributed by atoms with Gasteiger partial charge in [-0.05, 0) is 37.1 Å². The molecule has 2 aromatic rings. The van der Waals surface area contributed by atoms with Gasteiger partial charge in [-0.3, -0.25) is 4.79 Å². The molecule has 0 unspecified atom stereocenters. The van der Waals surface area contributed by atoms with Gasteiger partial charge in [0.05, 0.1) is 18.1 Å². The lowest BCUT2D eigenvalue weighted by Gasteiger charge is -2.12. The Hall–Kier alpha value is -2.00. The molecule has 0 aliphatic heterocycles. The number of benzene rings is 2. The number of carbonyl (C=O) groups excluding carboxylic acids is 1. The highest BCUT2D eigenvalue weighted by molar-refractivity contribution is 6.32. The molecule has 0 bridgehead atoms. The van der Waals surface area contributed by atoms with Crippen molar-refractivity contribution < 1.29 is 9.53 Å². The summed E-state index contributed by atoms with van der Waals surface area (Å²) in [5.74, 6) is 0.526. The fourth-order valence-corrected chi connectivity index (χ4v) is 2.22. The standard InChI is InChI=1S/C17H18ClNO2/c1-12-6-5-7-13(2)17(12)19-16(20)10-11-21-15-9-4-3-8-14(15)18/h3-9H,10-11H2,1-2H3,(H,19,20). The zero-order valence-corrected chi connectivity index (χ0v) is 12.9. The summed E-state index contributed by atoms with van der Waals surface area (Å²) in [6.07, 6.45) is 0.277. The number of rotatable bonds is 5. The number of aryl methyl sites for hydroxylation is 2. The fraction of sp³-hybridized carbons (Fsp3) is 0.235. The van der Waals surface area contributed by atoms with Gasteiger partial charge in [0, 0.05) is 5.69 Å². The van der Waals surface area contributed by atoms with Gasteiger partial charge in [-0.1, -0.05) is 41.9 Å². The van der Waals surface area contributed by atoms with E-state index in [2.05, 4.69) is 5.32 Å². The molecule has 0 fully saturated rings. The first kappa shape index (κ1) is 15.4. The first-order valence-corrected chi connectivity index (χ1v) is 7.19. The van der Waals surface area contributed by atoms with Crippen molar-refractivity contribution in [2.24, 2.45) is 0 Å². The van der Waals surface area contributed by atoms with Gasteiger partial charge in [-0.2, -0.15) is 0 Å². The second kappa shape index (κ2) is 7.14. The first-order valence-electron chi connectivity index (χ1n) is 6.81. The normalized spacial score (nSPS) is 10.2. The quantitative estimate of drug-likeness (QED) is 0.891. The van der Waals surface area contributed by atoms with Gasteiger partial charge < -0.3 is 10.1 Å². The molecule has 110 valence electrons. The summed E-state index contributed by atoms with van der Waals surface area (Å²) in [6, 6.07) is 13.1. The zero-order chi connectivity index (χ0) is 15.2. The zero-order valence-electron chi connectivity index (χ0n) is 12.2. The van der Waals surface area contributed by atoms with Crippen molar-refractivity contribution >= 4 is 23.2 Å². The van der Waals surface area contributed by atoms with Crippen molar-refractivity contribution in [3.05, 3.63) is 58.6 Å². The first-order chi connectivity index (χ1) is 10.1. The third-order valence-corrected chi connectivity index (χ3v) is 3.48. The van der Waals surface area contributed by atoms with Crippen LogP contribution in [-0.2, 0) is 4.79 Å². The van der Waals surface area contributed by atoms with Crippen LogP contribution in [0.25, 0.3) is 0 Å². The highest BCUT2D eigenvalue weighted by Gasteiger charge is 2.08. The van der Waals surface area contributed by atoms with Gasteiger partial charge in [0.2, 0.25) is 5.91 Å². The SMILES string of the molecule is Cc1cccc(C)c1NC(=O)CCOc1ccccc1Cl. The second-order valence-corrected chi connectivity index (χ2v) is 5.25. The Balaban J connectivity index is 1.87. The third-order valence-electron chi connectivity index (χ3n) is 3.17. The second-order valence-electron chi connectivity index (χ2n) is 4.84. The summed E-state index contributed by atoms with van der Waals surface area (Å²) in [4.78, 5) is 12.0. The van der Waals surface area contributed by atoms with E-state index in [-0.39, 0.29) is 12.3 Å². The van der Waals surface area contributed by atoms with Crippen molar-refractivity contribution in [3.63, 3.8) is 0 Å². The molecule has 0 spiro atoms. The summed E-state index contributed by atoms with van der Waals surface area (Å²) in [7, 11) is 0. The molecule has 0 aliphatic rings. The fourth-order valence-electron chi connectivity index (χ4n) is 2.03. The van der Waals surface area contributed by atoms with Crippen LogP contribution in [0.2, 0.25) is 5.02 Å². The van der Waals surface area contributed by atoms with Crippen LogP contribution in [0.5, 0.6) is 5.75 Å². The largest absolute Gasteiger partial charge is 0.491 e. The number of nitrogens with one attached hydrogen (secondary N) is 1. The Morgan fingerprint density at radius 3 is 2.43 bits per heavy atom. The molecule has 1 amide bonds. The van der Waals surface area contributed by atoms with Crippen LogP contribution >= 0.6 is 11.6 Å². The van der Waals surface area contributed by atoms with E-state index in [0.29, 0.717) is 17.4 Å². The predicted molar refractivity (Wildman–Crippen MR) is 86.1 cm³/mol. The van der Waals surface area contributed by atoms with Crippen LogP contribution in [0.15, 0.2) is 42.5 Å². The van der Waals surface area contributed by atoms with Crippen LogP contribution in [0.1, 0.15) is 17.5 Å². The predicted octanol–water partition coefficient (Wildman–Crippen LogP) is 4.36. The number of halogens is 1. The molecule has 2 aromatic carbocycles. The maximum absolute atomic E-state index is 12.0. The maximum Gasteiger partial charge on any atom is 0.227 e. The van der Waals surface area contributed by atoms with E-state index < -0.39 is 0 Å². The highest BCUT2D eigenvalue weighted by atomic mass is 35.5. The van der Waals surface area contributed by atoms with E-state index in [9.17, 15) is 4.79 Å². The number of amides is 1. The molecule has 21 heavy (non-hydrogen) atoms. The van der Waals surface area contributed by atoms with E-state index in [1.54, 1.807) is 12.1 Å². The minimum Gasteiger partial charge on any atom is -0.491 e. The minimum atomic E-state index is -0.0700. The molecule has 0 aromatic heterocycles. The van der Waals surface area contributed by atoms with Crippen LogP contribution in [0.4, 0.5) is 5.69 Å². The average Bonchev–Trinajstić information content (AvgIpc) is 2.45. The molecule has 4 heteroatoms. The lowest BCUT2D eigenvalue weighted by molar-refractivity contribution is -0.116. The smallest absolute Gasteiger partial charge is 0.227 e. The van der Waals surface area contributed by atoms with Gasteiger partial charge in [-0.15, -0.1) is 0 Å². The van der Waals surface area contributed by atoms with Crippen LogP contribution in [0.3, 0.4) is 0 Å². The number of para-hydroxylation sites is 2. The molecule has 0 heterocycles. The number of ether oxygens (including phenoxy) is 1. The van der Waals surface area contributed by atoms with Gasteiger partial charge in [-0.25, -0.2) is 0 Å². The molecular weight excluding hydrogens is 286 g/mol. The number of carbonyl (C=O) groups is 1. The topological polar surface area (TPSA) is 38.3 Å². The molecular formula is C17H18ClNO2. The lowest BCUT2D eigenvalue weighted by atomic mass is 10.1. The Morgan fingerprint density at radius 1 is 1.10 bits per heavy atom. The van der Waals surface area contributed by atoms with E-state index in [1.807, 2.05) is 44.2 Å². The van der Waals surface area contributed by atoms with Crippen LogP contribution < -0.4 is 10.1 Å². The minimum absolute atomic E-state index is 0.0700. The number of anilines is 1. The Bertz CT molecular complexity index is 620. The maximum atomic E-state index is 12.0. The molecule has 2 rings (SSSR count). The van der Waals surface area contributed by atoms with Gasteiger partial charge in [0.1, 0.15) is 5.75 Å². The monoisotopic (exact) mass is 303 g/mol. The van der Waals surface area contributed by atoms with Crippen molar-refractivity contribution in [1.29, 1.82) is 0 Å². The van der Waals surface area contributed by atoms with E-state index >= 15 is 0 Å². The van der Waals surface area contributed by atoms with Gasteiger partial charge in [0.25, 0.3) is 0 Å². The molecule has 0 saturated heterocycles. The van der Waals surface area contributed by atoms with Crippen molar-refractivity contribution in [1.82, 2.24) is 0 Å². The molecule has 1 N–H and O–H groups in total. The Morgan fingerprint density at radius 2 is 1.76 bits per heavy atom. The lowest BCUT2D eigenvalue weighted by Crippen LogP contribution is -2.16.